The summed E-state index contributed by atoms with van der Waals surface area (Å²) >= 11 is 0. The van der Waals surface area contributed by atoms with E-state index in [0.29, 0.717) is 17.9 Å². The second kappa shape index (κ2) is 8.46. The molecule has 0 aliphatic carbocycles. The first kappa shape index (κ1) is 18.7. The van der Waals surface area contributed by atoms with Crippen molar-refractivity contribution >= 4 is 11.8 Å². The Labute approximate surface area is 148 Å². The molecule has 2 amide bonds. The van der Waals surface area contributed by atoms with Crippen LogP contribution < -0.4 is 10.6 Å². The Bertz CT molecular complexity index is 733. The SMILES string of the molecule is CCC(C)NC(=O)c1cccc(CNC(=O)Cc2c(C)noc2C)c1. The van der Waals surface area contributed by atoms with E-state index in [2.05, 4.69) is 15.8 Å². The second-order valence-electron chi connectivity index (χ2n) is 6.24. The van der Waals surface area contributed by atoms with Crippen LogP contribution in [0.3, 0.4) is 0 Å². The van der Waals surface area contributed by atoms with Gasteiger partial charge in [0, 0.05) is 23.7 Å². The maximum Gasteiger partial charge on any atom is 0.251 e. The summed E-state index contributed by atoms with van der Waals surface area (Å²) in [4.78, 5) is 24.3. The molecular weight excluding hydrogens is 318 g/mol. The molecule has 2 aromatic rings. The number of benzene rings is 1. The van der Waals surface area contributed by atoms with Gasteiger partial charge >= 0.3 is 0 Å². The molecule has 25 heavy (non-hydrogen) atoms. The van der Waals surface area contributed by atoms with Crippen LogP contribution in [0.25, 0.3) is 0 Å². The summed E-state index contributed by atoms with van der Waals surface area (Å²) in [6, 6.07) is 7.41. The first-order valence-electron chi connectivity index (χ1n) is 8.49. The molecule has 0 aliphatic rings. The standard InChI is InChI=1S/C19H25N3O3/c1-5-12(2)21-19(24)16-8-6-7-15(9-16)11-20-18(23)10-17-13(3)22-25-14(17)4/h6-9,12H,5,10-11H2,1-4H3,(H,20,23)(H,21,24). The van der Waals surface area contributed by atoms with Gasteiger partial charge in [0.25, 0.3) is 5.91 Å². The van der Waals surface area contributed by atoms with Gasteiger partial charge in [0.2, 0.25) is 5.91 Å². The van der Waals surface area contributed by atoms with Crippen molar-refractivity contribution in [1.29, 1.82) is 0 Å². The average molecular weight is 343 g/mol. The lowest BCUT2D eigenvalue weighted by Crippen LogP contribution is -2.32. The fraction of sp³-hybridized carbons (Fsp3) is 0.421. The van der Waals surface area contributed by atoms with Crippen molar-refractivity contribution in [2.45, 2.75) is 53.1 Å². The van der Waals surface area contributed by atoms with Crippen molar-refractivity contribution in [1.82, 2.24) is 15.8 Å². The highest BCUT2D eigenvalue weighted by Gasteiger charge is 2.13. The number of rotatable bonds is 7. The van der Waals surface area contributed by atoms with Gasteiger partial charge in [-0.05, 0) is 44.9 Å². The van der Waals surface area contributed by atoms with E-state index in [9.17, 15) is 9.59 Å². The maximum atomic E-state index is 12.2. The van der Waals surface area contributed by atoms with Crippen LogP contribution >= 0.6 is 0 Å². The van der Waals surface area contributed by atoms with Gasteiger partial charge in [0.05, 0.1) is 12.1 Å². The zero-order valence-corrected chi connectivity index (χ0v) is 15.2. The Morgan fingerprint density at radius 3 is 2.68 bits per heavy atom. The van der Waals surface area contributed by atoms with Crippen molar-refractivity contribution in [3.63, 3.8) is 0 Å². The molecule has 0 saturated heterocycles. The van der Waals surface area contributed by atoms with Crippen LogP contribution in [0.4, 0.5) is 0 Å². The minimum Gasteiger partial charge on any atom is -0.361 e. The summed E-state index contributed by atoms with van der Waals surface area (Å²) in [6.07, 6.45) is 1.11. The summed E-state index contributed by atoms with van der Waals surface area (Å²) in [6.45, 7) is 7.97. The second-order valence-corrected chi connectivity index (χ2v) is 6.24. The zero-order valence-electron chi connectivity index (χ0n) is 15.2. The number of carbonyl (C=O) groups excluding carboxylic acids is 2. The van der Waals surface area contributed by atoms with Crippen molar-refractivity contribution in [2.24, 2.45) is 0 Å². The van der Waals surface area contributed by atoms with Crippen LogP contribution in [0.1, 0.15) is 53.2 Å². The van der Waals surface area contributed by atoms with Crippen molar-refractivity contribution in [3.05, 3.63) is 52.4 Å². The molecule has 1 atom stereocenters. The van der Waals surface area contributed by atoms with Crippen LogP contribution in [-0.4, -0.2) is 23.0 Å². The number of carbonyl (C=O) groups is 2. The third-order valence-electron chi connectivity index (χ3n) is 4.19. The summed E-state index contributed by atoms with van der Waals surface area (Å²) in [5.41, 5.74) is 3.03. The maximum absolute atomic E-state index is 12.2. The lowest BCUT2D eigenvalue weighted by molar-refractivity contribution is -0.120. The average Bonchev–Trinajstić information content (AvgIpc) is 2.92. The Morgan fingerprint density at radius 2 is 2.04 bits per heavy atom. The summed E-state index contributed by atoms with van der Waals surface area (Å²) in [5.74, 6) is 0.457. The lowest BCUT2D eigenvalue weighted by Gasteiger charge is -2.12. The van der Waals surface area contributed by atoms with Crippen molar-refractivity contribution in [2.75, 3.05) is 0 Å². The van der Waals surface area contributed by atoms with Gasteiger partial charge < -0.3 is 15.2 Å². The number of amides is 2. The molecule has 1 aromatic heterocycles. The summed E-state index contributed by atoms with van der Waals surface area (Å²) in [5, 5.41) is 9.66. The number of nitrogens with zero attached hydrogens (tertiary/aromatic N) is 1. The fourth-order valence-electron chi connectivity index (χ4n) is 2.41. The molecule has 0 spiro atoms. The third-order valence-corrected chi connectivity index (χ3v) is 4.19. The molecule has 0 saturated carbocycles. The normalized spacial score (nSPS) is 11.8. The van der Waals surface area contributed by atoms with E-state index < -0.39 is 0 Å². The highest BCUT2D eigenvalue weighted by molar-refractivity contribution is 5.94. The van der Waals surface area contributed by atoms with Crippen molar-refractivity contribution < 1.29 is 14.1 Å². The minimum atomic E-state index is -0.108. The van der Waals surface area contributed by atoms with Crippen molar-refractivity contribution in [3.8, 4) is 0 Å². The summed E-state index contributed by atoms with van der Waals surface area (Å²) < 4.78 is 5.07. The van der Waals surface area contributed by atoms with E-state index in [1.165, 1.54) is 0 Å². The molecule has 0 bridgehead atoms. The molecule has 0 fully saturated rings. The molecule has 0 aliphatic heterocycles. The molecular formula is C19H25N3O3. The number of hydrogen-bond acceptors (Lipinski definition) is 4. The van der Waals surface area contributed by atoms with Gasteiger partial charge in [-0.15, -0.1) is 0 Å². The minimum absolute atomic E-state index is 0.0988. The molecule has 2 rings (SSSR count). The first-order chi connectivity index (χ1) is 11.9. The Kier molecular flexibility index (Phi) is 6.33. The number of nitrogens with one attached hydrogen (secondary N) is 2. The quantitative estimate of drug-likeness (QED) is 0.809. The smallest absolute Gasteiger partial charge is 0.251 e. The molecule has 6 heteroatoms. The van der Waals surface area contributed by atoms with Crippen LogP contribution in [-0.2, 0) is 17.8 Å². The predicted octanol–water partition coefficient (Wildman–Crippen LogP) is 2.68. The summed E-state index contributed by atoms with van der Waals surface area (Å²) in [7, 11) is 0. The van der Waals surface area contributed by atoms with Crippen LogP contribution in [0, 0.1) is 13.8 Å². The van der Waals surface area contributed by atoms with E-state index in [-0.39, 0.29) is 24.3 Å². The van der Waals surface area contributed by atoms with Gasteiger partial charge in [0.1, 0.15) is 5.76 Å². The van der Waals surface area contributed by atoms with Gasteiger partial charge in [-0.1, -0.05) is 24.2 Å². The van der Waals surface area contributed by atoms with Gasteiger partial charge in [-0.25, -0.2) is 0 Å². The van der Waals surface area contributed by atoms with E-state index in [0.717, 1.165) is 23.2 Å². The van der Waals surface area contributed by atoms with Gasteiger partial charge in [0.15, 0.2) is 0 Å². The van der Waals surface area contributed by atoms with E-state index in [1.54, 1.807) is 19.1 Å². The Hall–Kier alpha value is -2.63. The number of aryl methyl sites for hydroxylation is 2. The van der Waals surface area contributed by atoms with Crippen LogP contribution in [0.15, 0.2) is 28.8 Å². The van der Waals surface area contributed by atoms with Gasteiger partial charge in [-0.2, -0.15) is 0 Å². The monoisotopic (exact) mass is 343 g/mol. The molecule has 1 aromatic carbocycles. The van der Waals surface area contributed by atoms with Gasteiger partial charge in [-0.3, -0.25) is 9.59 Å². The highest BCUT2D eigenvalue weighted by atomic mass is 16.5. The highest BCUT2D eigenvalue weighted by Crippen LogP contribution is 2.13. The molecule has 6 nitrogen and oxygen atoms in total. The molecule has 0 radical (unpaired) electrons. The molecule has 2 N–H and O–H groups in total. The zero-order chi connectivity index (χ0) is 18.4. The topological polar surface area (TPSA) is 84.2 Å². The van der Waals surface area contributed by atoms with E-state index in [1.807, 2.05) is 32.9 Å². The predicted molar refractivity (Wildman–Crippen MR) is 95.2 cm³/mol. The molecule has 1 heterocycles. The van der Waals surface area contributed by atoms with Crippen LogP contribution in [0.5, 0.6) is 0 Å². The number of hydrogen-bond donors (Lipinski definition) is 2. The molecule has 134 valence electrons. The third kappa shape index (κ3) is 5.17. The lowest BCUT2D eigenvalue weighted by atomic mass is 10.1. The van der Waals surface area contributed by atoms with E-state index >= 15 is 0 Å². The molecule has 1 unspecified atom stereocenters. The van der Waals surface area contributed by atoms with E-state index in [4.69, 9.17) is 4.52 Å². The largest absolute Gasteiger partial charge is 0.361 e. The Balaban J connectivity index is 1.93. The Morgan fingerprint density at radius 1 is 1.28 bits per heavy atom. The first-order valence-corrected chi connectivity index (χ1v) is 8.49. The fourth-order valence-corrected chi connectivity index (χ4v) is 2.41. The van der Waals surface area contributed by atoms with Crippen LogP contribution in [0.2, 0.25) is 0 Å². The number of aromatic nitrogens is 1.